The van der Waals surface area contributed by atoms with Crippen molar-refractivity contribution < 1.29 is 13.9 Å². The van der Waals surface area contributed by atoms with Crippen molar-refractivity contribution in [1.29, 1.82) is 0 Å². The van der Waals surface area contributed by atoms with Crippen LogP contribution in [0.1, 0.15) is 24.8 Å². The fraction of sp³-hybridized carbons (Fsp3) is 0.400. The van der Waals surface area contributed by atoms with Gasteiger partial charge in [-0.05, 0) is 73.1 Å². The number of hydrogen-bond acceptors (Lipinski definition) is 4. The molecule has 1 atom stereocenters. The zero-order valence-corrected chi connectivity index (χ0v) is 18.4. The van der Waals surface area contributed by atoms with E-state index in [1.54, 1.807) is 25.6 Å². The van der Waals surface area contributed by atoms with Crippen LogP contribution in [0.3, 0.4) is 0 Å². The van der Waals surface area contributed by atoms with Crippen molar-refractivity contribution in [3.8, 4) is 28.3 Å². The molecular weight excluding hydrogens is 407 g/mol. The minimum absolute atomic E-state index is 0.251. The Bertz CT molecular complexity index is 1150. The average molecular weight is 435 g/mol. The third kappa shape index (κ3) is 3.99. The monoisotopic (exact) mass is 434 g/mol. The van der Waals surface area contributed by atoms with Gasteiger partial charge in [-0.15, -0.1) is 10.2 Å². The Morgan fingerprint density at radius 2 is 1.94 bits per heavy atom. The van der Waals surface area contributed by atoms with Crippen LogP contribution in [-0.4, -0.2) is 45.8 Å². The van der Waals surface area contributed by atoms with Gasteiger partial charge in [0.1, 0.15) is 17.9 Å². The predicted molar refractivity (Wildman–Crippen MR) is 120 cm³/mol. The van der Waals surface area contributed by atoms with Gasteiger partial charge in [-0.2, -0.15) is 0 Å². The van der Waals surface area contributed by atoms with Crippen molar-refractivity contribution in [3.63, 3.8) is 0 Å². The SMILES string of the molecule is COc1ccc(-c2ccc(-c3nncn3C[C@@H]3CCN(C(=O)C4CC4)C3)c(F)c2)cc1C. The van der Waals surface area contributed by atoms with Crippen LogP contribution in [0.15, 0.2) is 42.7 Å². The number of ether oxygens (including phenoxy) is 1. The summed E-state index contributed by atoms with van der Waals surface area (Å²) >= 11 is 0. The van der Waals surface area contributed by atoms with Gasteiger partial charge in [0.05, 0.1) is 12.7 Å². The van der Waals surface area contributed by atoms with E-state index >= 15 is 4.39 Å². The number of halogens is 1. The number of nitrogens with zero attached hydrogens (tertiary/aromatic N) is 4. The Labute approximate surface area is 187 Å². The van der Waals surface area contributed by atoms with Crippen molar-refractivity contribution in [3.05, 3.63) is 54.1 Å². The highest BCUT2D eigenvalue weighted by atomic mass is 19.1. The molecule has 2 aliphatic rings. The minimum atomic E-state index is -0.331. The van der Waals surface area contributed by atoms with Gasteiger partial charge in [-0.25, -0.2) is 4.39 Å². The van der Waals surface area contributed by atoms with E-state index in [9.17, 15) is 4.79 Å². The summed E-state index contributed by atoms with van der Waals surface area (Å²) in [6.07, 6.45) is 4.66. The number of aromatic nitrogens is 3. The van der Waals surface area contributed by atoms with Crippen molar-refractivity contribution in [2.75, 3.05) is 20.2 Å². The molecule has 5 rings (SSSR count). The molecular formula is C25H27FN4O2. The Hall–Kier alpha value is -3.22. The van der Waals surface area contributed by atoms with Gasteiger partial charge in [0.2, 0.25) is 5.91 Å². The van der Waals surface area contributed by atoms with E-state index in [-0.39, 0.29) is 11.7 Å². The third-order valence-electron chi connectivity index (χ3n) is 6.53. The second-order valence-electron chi connectivity index (χ2n) is 8.90. The lowest BCUT2D eigenvalue weighted by molar-refractivity contribution is -0.131. The van der Waals surface area contributed by atoms with Gasteiger partial charge in [0.15, 0.2) is 5.82 Å². The number of likely N-dealkylation sites (tertiary alicyclic amines) is 1. The highest BCUT2D eigenvalue weighted by molar-refractivity contribution is 5.81. The number of carbonyl (C=O) groups is 1. The molecule has 1 aliphatic heterocycles. The van der Waals surface area contributed by atoms with Gasteiger partial charge < -0.3 is 14.2 Å². The van der Waals surface area contributed by atoms with Gasteiger partial charge in [0, 0.05) is 25.6 Å². The van der Waals surface area contributed by atoms with Crippen molar-refractivity contribution in [1.82, 2.24) is 19.7 Å². The fourth-order valence-electron chi connectivity index (χ4n) is 4.58. The maximum Gasteiger partial charge on any atom is 0.225 e. The van der Waals surface area contributed by atoms with E-state index in [1.165, 1.54) is 0 Å². The molecule has 0 spiro atoms. The average Bonchev–Trinajstić information content (AvgIpc) is 3.38. The maximum atomic E-state index is 15.1. The molecule has 6 nitrogen and oxygen atoms in total. The maximum absolute atomic E-state index is 15.1. The summed E-state index contributed by atoms with van der Waals surface area (Å²) < 4.78 is 22.4. The number of methoxy groups -OCH3 is 1. The Balaban J connectivity index is 1.33. The molecule has 0 radical (unpaired) electrons. The number of benzene rings is 2. The molecule has 1 saturated carbocycles. The van der Waals surface area contributed by atoms with Gasteiger partial charge in [-0.3, -0.25) is 4.79 Å². The van der Waals surface area contributed by atoms with E-state index in [1.807, 2.05) is 40.7 Å². The number of carbonyl (C=O) groups excluding carboxylic acids is 1. The van der Waals surface area contributed by atoms with Crippen LogP contribution in [0.4, 0.5) is 4.39 Å². The number of hydrogen-bond donors (Lipinski definition) is 0. The molecule has 166 valence electrons. The standard InChI is InChI=1S/C25H27FN4O2/c1-16-11-19(6-8-23(16)32-2)20-5-7-21(22(26)12-20)24-28-27-15-30(24)14-17-9-10-29(13-17)25(31)18-3-4-18/h5-8,11-12,15,17-18H,3-4,9-10,13-14H2,1-2H3/t17-/m1/s1. The molecule has 0 unspecified atom stereocenters. The van der Waals surface area contributed by atoms with Crippen LogP contribution in [0.2, 0.25) is 0 Å². The van der Waals surface area contributed by atoms with Crippen molar-refractivity contribution in [2.24, 2.45) is 11.8 Å². The highest BCUT2D eigenvalue weighted by Gasteiger charge is 2.36. The normalized spacial score (nSPS) is 18.2. The highest BCUT2D eigenvalue weighted by Crippen LogP contribution is 2.34. The Kier molecular flexibility index (Phi) is 5.41. The van der Waals surface area contributed by atoms with E-state index in [0.29, 0.717) is 29.8 Å². The fourth-order valence-corrected chi connectivity index (χ4v) is 4.58. The van der Waals surface area contributed by atoms with E-state index < -0.39 is 0 Å². The van der Waals surface area contributed by atoms with Crippen LogP contribution in [0.5, 0.6) is 5.75 Å². The van der Waals surface area contributed by atoms with Crippen LogP contribution in [0, 0.1) is 24.6 Å². The van der Waals surface area contributed by atoms with Crippen molar-refractivity contribution in [2.45, 2.75) is 32.7 Å². The number of amides is 1. The molecule has 32 heavy (non-hydrogen) atoms. The zero-order chi connectivity index (χ0) is 22.2. The lowest BCUT2D eigenvalue weighted by Gasteiger charge is -2.17. The second kappa shape index (κ2) is 8.37. The first-order valence-corrected chi connectivity index (χ1v) is 11.1. The third-order valence-corrected chi connectivity index (χ3v) is 6.53. The summed E-state index contributed by atoms with van der Waals surface area (Å²) in [5.74, 6) is 1.88. The predicted octanol–water partition coefficient (Wildman–Crippen LogP) is 4.33. The number of aryl methyl sites for hydroxylation is 1. The zero-order valence-electron chi connectivity index (χ0n) is 18.4. The van der Waals surface area contributed by atoms with Crippen LogP contribution >= 0.6 is 0 Å². The first kappa shape index (κ1) is 20.7. The van der Waals surface area contributed by atoms with Gasteiger partial charge in [-0.1, -0.05) is 12.1 Å². The minimum Gasteiger partial charge on any atom is -0.496 e. The summed E-state index contributed by atoms with van der Waals surface area (Å²) in [6, 6.07) is 11.0. The summed E-state index contributed by atoms with van der Waals surface area (Å²) in [5, 5.41) is 8.23. The Morgan fingerprint density at radius 3 is 2.66 bits per heavy atom. The van der Waals surface area contributed by atoms with E-state index in [0.717, 1.165) is 54.8 Å². The van der Waals surface area contributed by atoms with Crippen LogP contribution < -0.4 is 4.74 Å². The summed E-state index contributed by atoms with van der Waals surface area (Å²) in [5.41, 5.74) is 3.16. The first-order chi connectivity index (χ1) is 15.5. The molecule has 1 amide bonds. The molecule has 7 heteroatoms. The molecule has 1 aliphatic carbocycles. The molecule has 0 bridgehead atoms. The quantitative estimate of drug-likeness (QED) is 0.580. The molecule has 2 aromatic carbocycles. The smallest absolute Gasteiger partial charge is 0.225 e. The molecule has 1 aromatic heterocycles. The molecule has 1 saturated heterocycles. The van der Waals surface area contributed by atoms with Crippen LogP contribution in [0.25, 0.3) is 22.5 Å². The van der Waals surface area contributed by atoms with Crippen molar-refractivity contribution >= 4 is 5.91 Å². The molecule has 0 N–H and O–H groups in total. The van der Waals surface area contributed by atoms with E-state index in [2.05, 4.69) is 10.2 Å². The summed E-state index contributed by atoms with van der Waals surface area (Å²) in [7, 11) is 1.64. The van der Waals surface area contributed by atoms with E-state index in [4.69, 9.17) is 4.74 Å². The number of rotatable bonds is 6. The largest absolute Gasteiger partial charge is 0.496 e. The van der Waals surface area contributed by atoms with Gasteiger partial charge in [0.25, 0.3) is 0 Å². The lowest BCUT2D eigenvalue weighted by Crippen LogP contribution is -2.30. The summed E-state index contributed by atoms with van der Waals surface area (Å²) in [6.45, 7) is 4.21. The van der Waals surface area contributed by atoms with Crippen LogP contribution in [-0.2, 0) is 11.3 Å². The molecule has 2 heterocycles. The first-order valence-electron chi connectivity index (χ1n) is 11.1. The Morgan fingerprint density at radius 1 is 1.16 bits per heavy atom. The molecule has 3 aromatic rings. The molecule has 2 fully saturated rings. The lowest BCUT2D eigenvalue weighted by atomic mass is 10.0. The summed E-state index contributed by atoms with van der Waals surface area (Å²) in [4.78, 5) is 14.3. The van der Waals surface area contributed by atoms with Gasteiger partial charge >= 0.3 is 0 Å². The topological polar surface area (TPSA) is 60.3 Å². The second-order valence-corrected chi connectivity index (χ2v) is 8.90.